The first kappa shape index (κ1) is 19.2. The van der Waals surface area contributed by atoms with Crippen molar-refractivity contribution in [3.63, 3.8) is 0 Å². The lowest BCUT2D eigenvalue weighted by molar-refractivity contribution is 0.0356. The number of rotatable bonds is 7. The zero-order chi connectivity index (χ0) is 17.0. The molecule has 1 N–H and O–H groups in total. The molecule has 22 heavy (non-hydrogen) atoms. The second-order valence-electron chi connectivity index (χ2n) is 7.55. The van der Waals surface area contributed by atoms with E-state index in [0.29, 0.717) is 18.9 Å². The SMILES string of the molecule is CC(C)C(C)(C)[Si](C)(C)O[C@H]1CCC=C(CCN=[N+]=[N-])[C@H]1O. The van der Waals surface area contributed by atoms with E-state index in [-0.39, 0.29) is 11.1 Å². The Kier molecular flexibility index (Phi) is 6.68. The van der Waals surface area contributed by atoms with E-state index in [1.165, 1.54) is 0 Å². The Hall–Kier alpha value is -0.813. The molecular formula is C16H31N3O2Si. The first-order chi connectivity index (χ1) is 10.1. The summed E-state index contributed by atoms with van der Waals surface area (Å²) >= 11 is 0. The summed E-state index contributed by atoms with van der Waals surface area (Å²) < 4.78 is 6.50. The highest BCUT2D eigenvalue weighted by Crippen LogP contribution is 2.46. The molecule has 1 rings (SSSR count). The minimum absolute atomic E-state index is 0.134. The molecule has 0 saturated carbocycles. The number of hydrogen-bond acceptors (Lipinski definition) is 3. The van der Waals surface area contributed by atoms with Crippen LogP contribution in [0.3, 0.4) is 0 Å². The summed E-state index contributed by atoms with van der Waals surface area (Å²) in [6, 6.07) is 0. The molecule has 0 aliphatic heterocycles. The summed E-state index contributed by atoms with van der Waals surface area (Å²) in [7, 11) is -1.96. The highest BCUT2D eigenvalue weighted by atomic mass is 28.4. The molecule has 1 aliphatic carbocycles. The van der Waals surface area contributed by atoms with Crippen LogP contribution < -0.4 is 0 Å². The molecule has 0 amide bonds. The average molecular weight is 326 g/mol. The molecule has 0 saturated heterocycles. The normalized spacial score (nSPS) is 23.2. The van der Waals surface area contributed by atoms with Crippen molar-refractivity contribution in [2.24, 2.45) is 11.0 Å². The van der Waals surface area contributed by atoms with E-state index >= 15 is 0 Å². The van der Waals surface area contributed by atoms with Crippen molar-refractivity contribution < 1.29 is 9.53 Å². The van der Waals surface area contributed by atoms with Crippen molar-refractivity contribution in [3.8, 4) is 0 Å². The number of nitrogens with zero attached hydrogens (tertiary/aromatic N) is 3. The summed E-state index contributed by atoms with van der Waals surface area (Å²) in [5.74, 6) is 0.537. The fraction of sp³-hybridized carbons (Fsp3) is 0.875. The third-order valence-corrected chi connectivity index (χ3v) is 10.2. The van der Waals surface area contributed by atoms with Crippen LogP contribution in [0.5, 0.6) is 0 Å². The smallest absolute Gasteiger partial charge is 0.193 e. The van der Waals surface area contributed by atoms with Crippen molar-refractivity contribution in [2.45, 2.75) is 77.3 Å². The summed E-state index contributed by atoms with van der Waals surface area (Å²) in [5.41, 5.74) is 9.32. The Morgan fingerprint density at radius 2 is 2.14 bits per heavy atom. The van der Waals surface area contributed by atoms with Crippen LogP contribution in [0.15, 0.2) is 16.8 Å². The minimum Gasteiger partial charge on any atom is -0.411 e. The number of aliphatic hydroxyl groups excluding tert-OH is 1. The van der Waals surface area contributed by atoms with E-state index in [4.69, 9.17) is 9.96 Å². The van der Waals surface area contributed by atoms with Crippen molar-refractivity contribution in [3.05, 3.63) is 22.1 Å². The van der Waals surface area contributed by atoms with E-state index in [0.717, 1.165) is 18.4 Å². The first-order valence-corrected chi connectivity index (χ1v) is 11.1. The van der Waals surface area contributed by atoms with Gasteiger partial charge in [-0.05, 0) is 54.4 Å². The van der Waals surface area contributed by atoms with E-state index in [2.05, 4.69) is 56.9 Å². The summed E-state index contributed by atoms with van der Waals surface area (Å²) in [6.07, 6.45) is 3.75. The highest BCUT2D eigenvalue weighted by molar-refractivity contribution is 6.74. The lowest BCUT2D eigenvalue weighted by atomic mass is 9.92. The molecule has 0 aromatic rings. The van der Waals surface area contributed by atoms with Crippen LogP contribution in [0.2, 0.25) is 18.1 Å². The molecule has 126 valence electrons. The van der Waals surface area contributed by atoms with Crippen LogP contribution in [0.1, 0.15) is 47.0 Å². The number of azide groups is 1. The van der Waals surface area contributed by atoms with E-state index < -0.39 is 14.4 Å². The van der Waals surface area contributed by atoms with Gasteiger partial charge in [-0.2, -0.15) is 0 Å². The zero-order valence-electron chi connectivity index (χ0n) is 14.8. The standard InChI is InChI=1S/C16H31N3O2Si/c1-12(2)16(3,4)22(5,6)21-14-9-7-8-13(15(14)20)10-11-18-19-17/h8,12,14-15,20H,7,9-11H2,1-6H3/t14-,15+/m0/s1. The van der Waals surface area contributed by atoms with Gasteiger partial charge in [0.25, 0.3) is 0 Å². The summed E-state index contributed by atoms with van der Waals surface area (Å²) in [4.78, 5) is 2.77. The third kappa shape index (κ3) is 4.35. The van der Waals surface area contributed by atoms with Crippen LogP contribution in [0, 0.1) is 5.92 Å². The highest BCUT2D eigenvalue weighted by Gasteiger charge is 2.45. The third-order valence-electron chi connectivity index (χ3n) is 5.59. The van der Waals surface area contributed by atoms with Gasteiger partial charge in [-0.1, -0.05) is 38.9 Å². The Morgan fingerprint density at radius 1 is 1.50 bits per heavy atom. The lowest BCUT2D eigenvalue weighted by Gasteiger charge is -2.46. The van der Waals surface area contributed by atoms with Gasteiger partial charge in [0.2, 0.25) is 0 Å². The molecule has 0 spiro atoms. The quantitative estimate of drug-likeness (QED) is 0.240. The van der Waals surface area contributed by atoms with Gasteiger partial charge in [-0.15, -0.1) is 0 Å². The number of allylic oxidation sites excluding steroid dienone is 1. The van der Waals surface area contributed by atoms with E-state index in [1.54, 1.807) is 0 Å². The fourth-order valence-corrected chi connectivity index (χ4v) is 5.47. The molecule has 0 heterocycles. The maximum absolute atomic E-state index is 10.6. The van der Waals surface area contributed by atoms with Crippen LogP contribution in [-0.4, -0.2) is 32.2 Å². The molecule has 5 nitrogen and oxygen atoms in total. The zero-order valence-corrected chi connectivity index (χ0v) is 15.8. The summed E-state index contributed by atoms with van der Waals surface area (Å²) in [6.45, 7) is 13.9. The maximum atomic E-state index is 10.6. The van der Waals surface area contributed by atoms with Gasteiger partial charge < -0.3 is 9.53 Å². The molecule has 0 radical (unpaired) electrons. The van der Waals surface area contributed by atoms with Crippen molar-refractivity contribution in [1.82, 2.24) is 0 Å². The Balaban J connectivity index is 2.78. The molecule has 0 unspecified atom stereocenters. The van der Waals surface area contributed by atoms with Gasteiger partial charge in [0.1, 0.15) is 0 Å². The molecular weight excluding hydrogens is 294 g/mol. The lowest BCUT2D eigenvalue weighted by Crippen LogP contribution is -2.50. The van der Waals surface area contributed by atoms with Gasteiger partial charge in [-0.3, -0.25) is 0 Å². The van der Waals surface area contributed by atoms with Crippen molar-refractivity contribution in [1.29, 1.82) is 0 Å². The van der Waals surface area contributed by atoms with Crippen molar-refractivity contribution >= 4 is 8.32 Å². The van der Waals surface area contributed by atoms with E-state index in [9.17, 15) is 5.11 Å². The van der Waals surface area contributed by atoms with Crippen LogP contribution >= 0.6 is 0 Å². The van der Waals surface area contributed by atoms with Crippen LogP contribution in [-0.2, 0) is 4.43 Å². The topological polar surface area (TPSA) is 78.2 Å². The Labute approximate surface area is 135 Å². The molecule has 0 fully saturated rings. The molecule has 0 aromatic carbocycles. The molecule has 0 aromatic heterocycles. The second kappa shape index (κ2) is 7.64. The molecule has 2 atom stereocenters. The van der Waals surface area contributed by atoms with Gasteiger partial charge in [0.05, 0.1) is 12.2 Å². The number of hydrogen-bond donors (Lipinski definition) is 1. The first-order valence-electron chi connectivity index (χ1n) is 8.19. The fourth-order valence-electron chi connectivity index (χ4n) is 2.77. The van der Waals surface area contributed by atoms with Gasteiger partial charge >= 0.3 is 0 Å². The van der Waals surface area contributed by atoms with Gasteiger partial charge in [0.15, 0.2) is 8.32 Å². The predicted octanol–water partition coefficient (Wildman–Crippen LogP) is 4.79. The molecule has 1 aliphatic rings. The van der Waals surface area contributed by atoms with Gasteiger partial charge in [-0.25, -0.2) is 0 Å². The van der Waals surface area contributed by atoms with Gasteiger partial charge in [0, 0.05) is 11.5 Å². The molecule has 6 heteroatoms. The summed E-state index contributed by atoms with van der Waals surface area (Å²) in [5, 5.41) is 14.3. The van der Waals surface area contributed by atoms with E-state index in [1.807, 2.05) is 0 Å². The monoisotopic (exact) mass is 325 g/mol. The van der Waals surface area contributed by atoms with Crippen molar-refractivity contribution in [2.75, 3.05) is 6.54 Å². The maximum Gasteiger partial charge on any atom is 0.193 e. The minimum atomic E-state index is -1.96. The average Bonchev–Trinajstić information content (AvgIpc) is 2.42. The van der Waals surface area contributed by atoms with Crippen LogP contribution in [0.4, 0.5) is 0 Å². The predicted molar refractivity (Wildman–Crippen MR) is 93.2 cm³/mol. The Bertz CT molecular complexity index is 454. The molecule has 0 bridgehead atoms. The Morgan fingerprint density at radius 3 is 2.68 bits per heavy atom. The largest absolute Gasteiger partial charge is 0.411 e. The van der Waals surface area contributed by atoms with Crippen LogP contribution in [0.25, 0.3) is 10.4 Å². The number of aliphatic hydroxyl groups is 1. The second-order valence-corrected chi connectivity index (χ2v) is 12.1.